The number of carbonyl (C=O) groups is 9. The lowest BCUT2D eigenvalue weighted by atomic mass is 10.0. The van der Waals surface area contributed by atoms with Gasteiger partial charge in [0.15, 0.2) is 5.96 Å². The van der Waals surface area contributed by atoms with Crippen molar-refractivity contribution in [2.45, 2.75) is 127 Å². The van der Waals surface area contributed by atoms with Crippen LogP contribution in [0.25, 0.3) is 0 Å². The Morgan fingerprint density at radius 2 is 1.18 bits per heavy atom. The first kappa shape index (κ1) is 57.3. The number of nitrogens with zero attached hydrogens (tertiary/aromatic N) is 2. The normalized spacial score (nSPS) is 16.1. The van der Waals surface area contributed by atoms with E-state index in [9.17, 15) is 53.4 Å². The van der Waals surface area contributed by atoms with Crippen LogP contribution >= 0.6 is 0 Å². The van der Waals surface area contributed by atoms with Gasteiger partial charge in [-0.2, -0.15) is 0 Å². The summed E-state index contributed by atoms with van der Waals surface area (Å²) in [6.45, 7) is 1.63. The number of unbranched alkanes of at least 4 members (excludes halogenated alkanes) is 2. The van der Waals surface area contributed by atoms with Crippen molar-refractivity contribution < 1.29 is 53.4 Å². The monoisotopic (exact) mass is 928 g/mol. The first-order valence-corrected chi connectivity index (χ1v) is 21.9. The molecule has 1 fully saturated rings. The summed E-state index contributed by atoms with van der Waals surface area (Å²) < 4.78 is 0. The molecule has 0 saturated carbocycles. The molecule has 9 amide bonds. The third-order valence-electron chi connectivity index (χ3n) is 10.2. The highest BCUT2D eigenvalue weighted by molar-refractivity contribution is 5.97. The Bertz CT molecular complexity index is 1620. The number of aliphatic imine (C=N–C) groups is 1. The summed E-state index contributed by atoms with van der Waals surface area (Å²) in [5.41, 5.74) is 33.1. The predicted octanol–water partition coefficient (Wildman–Crippen LogP) is -7.21. The number of nitrogens with two attached hydrogens (primary N) is 6. The van der Waals surface area contributed by atoms with E-state index in [0.29, 0.717) is 51.6 Å². The Morgan fingerprint density at radius 1 is 0.646 bits per heavy atom. The molecule has 1 aliphatic heterocycles. The second kappa shape index (κ2) is 31.2. The van der Waals surface area contributed by atoms with Crippen LogP contribution in [-0.2, 0) is 43.2 Å². The maximum absolute atomic E-state index is 13.7. The quantitative estimate of drug-likeness (QED) is 0.0169. The highest BCUT2D eigenvalue weighted by atomic mass is 16.3. The number of nitrogens with one attached hydrogen (secondary N) is 7. The molecule has 21 N–H and O–H groups in total. The van der Waals surface area contributed by atoms with E-state index in [1.807, 2.05) is 0 Å². The van der Waals surface area contributed by atoms with Gasteiger partial charge in [-0.05, 0) is 83.2 Å². The molecule has 1 aliphatic rings. The number of hydrogen-bond acceptors (Lipinski definition) is 15. The first-order chi connectivity index (χ1) is 30.8. The molecule has 0 unspecified atom stereocenters. The van der Waals surface area contributed by atoms with Crippen molar-refractivity contribution in [1.29, 1.82) is 0 Å². The number of aliphatic hydroxyl groups is 2. The summed E-state index contributed by atoms with van der Waals surface area (Å²) in [5.74, 6) is -7.58. The zero-order chi connectivity index (χ0) is 49.1. The lowest BCUT2D eigenvalue weighted by Gasteiger charge is -2.28. The van der Waals surface area contributed by atoms with Crippen LogP contribution in [0, 0.1) is 5.92 Å². The van der Waals surface area contributed by atoms with E-state index < -0.39 is 122 Å². The SMILES string of the molecule is CC(C)C[C@H](NC(=O)[C@H](CO)NC(=O)[C@H](CCCN=C(N)N)NC(=O)[C@@H]1CCCN1C(=O)CNC(=O)[C@@H](N)CCCCN)C(=O)N[C@@H](CO)C(=O)NCC(=O)N[C@@H](CCCCN)C(N)=O. The summed E-state index contributed by atoms with van der Waals surface area (Å²) in [6, 6.07) is -8.81. The molecule has 0 aromatic rings. The molecule has 1 saturated heterocycles. The Morgan fingerprint density at radius 3 is 1.75 bits per heavy atom. The summed E-state index contributed by atoms with van der Waals surface area (Å²) in [4.78, 5) is 122. The van der Waals surface area contributed by atoms with Gasteiger partial charge < -0.3 is 86.7 Å². The molecule has 0 bridgehead atoms. The van der Waals surface area contributed by atoms with Crippen molar-refractivity contribution in [3.63, 3.8) is 0 Å². The molecule has 0 spiro atoms. The van der Waals surface area contributed by atoms with Crippen LogP contribution in [0.3, 0.4) is 0 Å². The van der Waals surface area contributed by atoms with Gasteiger partial charge in [-0.25, -0.2) is 0 Å². The van der Waals surface area contributed by atoms with Crippen molar-refractivity contribution in [2.75, 3.05) is 52.5 Å². The smallest absolute Gasteiger partial charge is 0.245 e. The van der Waals surface area contributed by atoms with E-state index in [2.05, 4.69) is 42.2 Å². The van der Waals surface area contributed by atoms with Crippen LogP contribution in [0.4, 0.5) is 0 Å². The number of hydrogen-bond donors (Lipinski definition) is 15. The highest BCUT2D eigenvalue weighted by Gasteiger charge is 2.37. The first-order valence-electron chi connectivity index (χ1n) is 21.9. The standard InChI is InChI=1S/C39H73N15O11/c1-22(2)17-26(36(63)52-27(20-55)34(61)47-18-30(57)49-24(32(43)59)10-4-6-14-41)51-37(64)28(21-56)53-35(62)25(11-7-15-46-39(44)45)50-38(65)29-12-8-16-54(29)31(58)19-48-33(60)23(42)9-3-5-13-40/h22-29,55-56H,3-21,40-42H2,1-2H3,(H2,43,59)(H,47,61)(H,48,60)(H,49,57)(H,50,65)(H,51,64)(H,52,63)(H,53,62)(H4,44,45,46)/t23-,24-,25-,26-,27-,28-,29-/m0/s1. The number of likely N-dealkylation sites (tertiary alicyclic amines) is 1. The molecule has 1 rings (SSSR count). The topological polar surface area (TPSA) is 450 Å². The lowest BCUT2D eigenvalue weighted by Crippen LogP contribution is -2.60. The van der Waals surface area contributed by atoms with Crippen LogP contribution < -0.4 is 71.6 Å². The number of carbonyl (C=O) groups excluding carboxylic acids is 9. The molecule has 370 valence electrons. The Hall–Kier alpha value is -5.70. The fourth-order valence-electron chi connectivity index (χ4n) is 6.64. The van der Waals surface area contributed by atoms with Gasteiger partial charge in [0.2, 0.25) is 53.2 Å². The third-order valence-corrected chi connectivity index (χ3v) is 10.2. The van der Waals surface area contributed by atoms with E-state index in [1.54, 1.807) is 13.8 Å². The van der Waals surface area contributed by atoms with Gasteiger partial charge in [0.25, 0.3) is 0 Å². The van der Waals surface area contributed by atoms with E-state index in [-0.39, 0.29) is 57.1 Å². The fourth-order valence-corrected chi connectivity index (χ4v) is 6.64. The molecule has 26 heteroatoms. The fraction of sp³-hybridized carbons (Fsp3) is 0.744. The number of primary amides is 1. The predicted molar refractivity (Wildman–Crippen MR) is 237 cm³/mol. The van der Waals surface area contributed by atoms with E-state index in [4.69, 9.17) is 34.4 Å². The molecule has 0 aromatic carbocycles. The zero-order valence-corrected chi connectivity index (χ0v) is 37.5. The highest BCUT2D eigenvalue weighted by Crippen LogP contribution is 2.18. The molecular weight excluding hydrogens is 855 g/mol. The largest absolute Gasteiger partial charge is 0.394 e. The Labute approximate surface area is 378 Å². The summed E-state index contributed by atoms with van der Waals surface area (Å²) >= 11 is 0. The van der Waals surface area contributed by atoms with Gasteiger partial charge in [-0.15, -0.1) is 0 Å². The maximum Gasteiger partial charge on any atom is 0.245 e. The molecule has 0 aromatic heterocycles. The van der Waals surface area contributed by atoms with Gasteiger partial charge >= 0.3 is 0 Å². The lowest BCUT2D eigenvalue weighted by molar-refractivity contribution is -0.140. The Balaban J connectivity index is 3.06. The second-order valence-electron chi connectivity index (χ2n) is 16.1. The average molecular weight is 928 g/mol. The average Bonchev–Trinajstić information content (AvgIpc) is 3.76. The zero-order valence-electron chi connectivity index (χ0n) is 37.5. The Kier molecular flexibility index (Phi) is 27.5. The summed E-state index contributed by atoms with van der Waals surface area (Å²) in [7, 11) is 0. The van der Waals surface area contributed by atoms with Crippen LogP contribution in [0.15, 0.2) is 4.99 Å². The van der Waals surface area contributed by atoms with Crippen molar-refractivity contribution in [3.8, 4) is 0 Å². The third kappa shape index (κ3) is 22.2. The van der Waals surface area contributed by atoms with E-state index in [0.717, 1.165) is 0 Å². The van der Waals surface area contributed by atoms with Crippen LogP contribution in [0.5, 0.6) is 0 Å². The maximum atomic E-state index is 13.7. The van der Waals surface area contributed by atoms with Crippen LogP contribution in [-0.4, -0.2) is 169 Å². The molecule has 65 heavy (non-hydrogen) atoms. The number of rotatable bonds is 32. The van der Waals surface area contributed by atoms with Crippen molar-refractivity contribution in [3.05, 3.63) is 0 Å². The molecule has 1 heterocycles. The van der Waals surface area contributed by atoms with Crippen LogP contribution in [0.1, 0.15) is 84.5 Å². The number of guanidine groups is 1. The van der Waals surface area contributed by atoms with Gasteiger partial charge in [-0.1, -0.05) is 20.3 Å². The minimum absolute atomic E-state index is 0.00410. The van der Waals surface area contributed by atoms with Crippen molar-refractivity contribution >= 4 is 59.1 Å². The van der Waals surface area contributed by atoms with E-state index >= 15 is 0 Å². The van der Waals surface area contributed by atoms with Gasteiger partial charge in [-0.3, -0.25) is 48.1 Å². The second-order valence-corrected chi connectivity index (χ2v) is 16.1. The number of aliphatic hydroxyl groups excluding tert-OH is 2. The molecule has 26 nitrogen and oxygen atoms in total. The number of amides is 9. The molecule has 0 aliphatic carbocycles. The van der Waals surface area contributed by atoms with Gasteiger partial charge in [0.05, 0.1) is 32.3 Å². The summed E-state index contributed by atoms with van der Waals surface area (Å²) in [5, 5.41) is 37.1. The minimum atomic E-state index is -1.66. The van der Waals surface area contributed by atoms with Crippen molar-refractivity contribution in [1.82, 2.24) is 42.1 Å². The molecular formula is C39H73N15O11. The summed E-state index contributed by atoms with van der Waals surface area (Å²) in [6.07, 6.45) is 3.82. The minimum Gasteiger partial charge on any atom is -0.394 e. The molecule has 7 atom stereocenters. The van der Waals surface area contributed by atoms with Crippen molar-refractivity contribution in [2.24, 2.45) is 45.3 Å². The van der Waals surface area contributed by atoms with Crippen LogP contribution in [0.2, 0.25) is 0 Å². The van der Waals surface area contributed by atoms with Gasteiger partial charge in [0.1, 0.15) is 36.3 Å². The van der Waals surface area contributed by atoms with E-state index in [1.165, 1.54) is 4.90 Å². The molecule has 0 radical (unpaired) electrons. The van der Waals surface area contributed by atoms with Gasteiger partial charge in [0, 0.05) is 13.1 Å².